The summed E-state index contributed by atoms with van der Waals surface area (Å²) in [6, 6.07) is 7.69. The summed E-state index contributed by atoms with van der Waals surface area (Å²) in [6.07, 6.45) is -0.186. The molecule has 0 spiro atoms. The summed E-state index contributed by atoms with van der Waals surface area (Å²) < 4.78 is 8.02. The molecular weight excluding hydrogens is 388 g/mol. The highest BCUT2D eigenvalue weighted by Gasteiger charge is 2.17. The van der Waals surface area contributed by atoms with E-state index in [4.69, 9.17) is 31.1 Å². The van der Waals surface area contributed by atoms with Gasteiger partial charge < -0.3 is 25.8 Å². The van der Waals surface area contributed by atoms with E-state index in [1.807, 2.05) is 23.7 Å². The number of aliphatic carboxylic acids is 1. The molecule has 0 atom stereocenters. The van der Waals surface area contributed by atoms with Crippen LogP contribution in [0.1, 0.15) is 49.2 Å². The summed E-state index contributed by atoms with van der Waals surface area (Å²) >= 11 is 0. The van der Waals surface area contributed by atoms with E-state index in [9.17, 15) is 4.79 Å². The number of aryl methyl sites for hydroxylation is 2. The first kappa shape index (κ1) is 25.1. The molecule has 2 aromatic rings. The van der Waals surface area contributed by atoms with Gasteiger partial charge in [0.05, 0.1) is 30.3 Å². The normalized spacial score (nSPS) is 10.3. The van der Waals surface area contributed by atoms with Gasteiger partial charge in [-0.25, -0.2) is 0 Å². The van der Waals surface area contributed by atoms with E-state index in [-0.39, 0.29) is 12.8 Å². The quantitative estimate of drug-likeness (QED) is 0.451. The lowest BCUT2D eigenvalue weighted by atomic mass is 10.1. The van der Waals surface area contributed by atoms with Crippen molar-refractivity contribution < 1.29 is 24.9 Å². The van der Waals surface area contributed by atoms with Gasteiger partial charge in [-0.15, -0.1) is 0 Å². The second-order valence-corrected chi connectivity index (χ2v) is 6.60. The molecule has 0 unspecified atom stereocenters. The summed E-state index contributed by atoms with van der Waals surface area (Å²) in [6.45, 7) is 7.30. The van der Waals surface area contributed by atoms with Gasteiger partial charge in [0.2, 0.25) is 0 Å². The molecule has 0 aliphatic rings. The topological polar surface area (TPSA) is 155 Å². The fourth-order valence-electron chi connectivity index (χ4n) is 2.78. The molecule has 5 N–H and O–H groups in total. The average Bonchev–Trinajstić information content (AvgIpc) is 3.02. The number of aliphatic hydroxyl groups excluding tert-OH is 1. The van der Waals surface area contributed by atoms with Crippen LogP contribution in [0.3, 0.4) is 0 Å². The number of carboxylic acid groups (broad SMARTS) is 1. The molecule has 0 bridgehead atoms. The highest BCUT2D eigenvalue weighted by molar-refractivity contribution is 5.66. The van der Waals surface area contributed by atoms with E-state index in [0.29, 0.717) is 24.4 Å². The van der Waals surface area contributed by atoms with Crippen LogP contribution in [0.4, 0.5) is 0 Å². The van der Waals surface area contributed by atoms with Crippen molar-refractivity contribution in [2.75, 3.05) is 6.54 Å². The first-order valence-electron chi connectivity index (χ1n) is 9.81. The Bertz CT molecular complexity index is 871. The number of rotatable bonds is 9. The molecule has 0 amide bonds. The Morgan fingerprint density at radius 1 is 1.30 bits per heavy atom. The lowest BCUT2D eigenvalue weighted by molar-refractivity contribution is -0.139. The third kappa shape index (κ3) is 7.83. The highest BCUT2D eigenvalue weighted by Crippen LogP contribution is 2.31. The Balaban J connectivity index is 0.000000479. The molecule has 0 saturated carbocycles. The average molecular weight is 418 g/mol. The van der Waals surface area contributed by atoms with Crippen LogP contribution >= 0.6 is 0 Å². The van der Waals surface area contributed by atoms with Crippen molar-refractivity contribution in [3.63, 3.8) is 0 Å². The third-order valence-electron chi connectivity index (χ3n) is 4.10. The number of nitriles is 1. The number of carboxylic acids is 1. The highest BCUT2D eigenvalue weighted by atomic mass is 16.5. The van der Waals surface area contributed by atoms with Crippen LogP contribution in [0.5, 0.6) is 11.5 Å². The van der Waals surface area contributed by atoms with Gasteiger partial charge in [0, 0.05) is 13.0 Å². The number of ether oxygens (including phenoxy) is 1. The van der Waals surface area contributed by atoms with E-state index >= 15 is 0 Å². The maximum absolute atomic E-state index is 9.68. The number of carbonyl (C=O) groups is 1. The van der Waals surface area contributed by atoms with Gasteiger partial charge >= 0.3 is 5.97 Å². The van der Waals surface area contributed by atoms with Crippen LogP contribution < -0.4 is 10.5 Å². The fourth-order valence-corrected chi connectivity index (χ4v) is 2.78. The largest absolute Gasteiger partial charge is 0.481 e. The van der Waals surface area contributed by atoms with Crippen molar-refractivity contribution in [2.24, 2.45) is 5.73 Å². The van der Waals surface area contributed by atoms with Gasteiger partial charge in [-0.1, -0.05) is 13.8 Å². The second kappa shape index (κ2) is 12.6. The number of hydrogen-bond donors (Lipinski definition) is 4. The summed E-state index contributed by atoms with van der Waals surface area (Å²) in [7, 11) is 0. The van der Waals surface area contributed by atoms with E-state index in [0.717, 1.165) is 35.5 Å². The van der Waals surface area contributed by atoms with Crippen LogP contribution in [0.2, 0.25) is 0 Å². The maximum atomic E-state index is 9.68. The van der Waals surface area contributed by atoms with Gasteiger partial charge in [0.15, 0.2) is 12.0 Å². The van der Waals surface area contributed by atoms with Crippen LogP contribution in [0.25, 0.3) is 0 Å². The predicted octanol–water partition coefficient (Wildman–Crippen LogP) is 2.10. The number of hydrogen-bond acceptors (Lipinski definition) is 7. The minimum Gasteiger partial charge on any atom is -0.481 e. The van der Waals surface area contributed by atoms with Gasteiger partial charge in [0.25, 0.3) is 0 Å². The molecule has 164 valence electrons. The van der Waals surface area contributed by atoms with Crippen LogP contribution in [0.15, 0.2) is 18.2 Å². The zero-order chi connectivity index (χ0) is 22.7. The monoisotopic (exact) mass is 418 g/mol. The zero-order valence-electron chi connectivity index (χ0n) is 17.6. The Morgan fingerprint density at radius 2 is 2.00 bits per heavy atom. The molecule has 9 nitrogen and oxygen atoms in total. The summed E-state index contributed by atoms with van der Waals surface area (Å²) in [5, 5.41) is 37.8. The Hall–Kier alpha value is -2.93. The van der Waals surface area contributed by atoms with E-state index in [1.54, 1.807) is 6.07 Å². The fraction of sp³-hybridized carbons (Fsp3) is 0.476. The molecule has 0 saturated heterocycles. The summed E-state index contributed by atoms with van der Waals surface area (Å²) in [5.41, 5.74) is 9.22. The number of aromatic nitrogens is 2. The van der Waals surface area contributed by atoms with E-state index < -0.39 is 12.3 Å². The van der Waals surface area contributed by atoms with Gasteiger partial charge in [0.1, 0.15) is 11.4 Å². The molecule has 0 fully saturated rings. The van der Waals surface area contributed by atoms with Gasteiger partial charge in [-0.05, 0) is 43.5 Å². The smallest absolute Gasteiger partial charge is 0.303 e. The number of benzene rings is 1. The number of nitrogens with zero attached hydrogens (tertiary/aromatic N) is 3. The molecule has 2 rings (SSSR count). The Labute approximate surface area is 176 Å². The Kier molecular flexibility index (Phi) is 10.5. The lowest BCUT2D eigenvalue weighted by Crippen LogP contribution is -2.13. The molecule has 9 heteroatoms. The van der Waals surface area contributed by atoms with Crippen molar-refractivity contribution in [3.05, 3.63) is 40.7 Å². The lowest BCUT2D eigenvalue weighted by Gasteiger charge is -2.10. The SMILES string of the molecule is CCc1nn(CCN)c(CC)c1Oc1cc(C)cc(C#N)c1.O=C(O)CCC(O)O. The molecule has 1 heterocycles. The maximum Gasteiger partial charge on any atom is 0.303 e. The van der Waals surface area contributed by atoms with Gasteiger partial charge in [-0.3, -0.25) is 9.48 Å². The molecule has 1 aromatic heterocycles. The third-order valence-corrected chi connectivity index (χ3v) is 4.10. The molecule has 1 aromatic carbocycles. The second-order valence-electron chi connectivity index (χ2n) is 6.60. The first-order valence-corrected chi connectivity index (χ1v) is 9.81. The summed E-state index contributed by atoms with van der Waals surface area (Å²) in [5.74, 6) is 0.458. The van der Waals surface area contributed by atoms with Crippen LogP contribution in [-0.2, 0) is 24.2 Å². The summed E-state index contributed by atoms with van der Waals surface area (Å²) in [4.78, 5) is 9.68. The molecule has 30 heavy (non-hydrogen) atoms. The Morgan fingerprint density at radius 3 is 2.47 bits per heavy atom. The minimum absolute atomic E-state index is 0.102. The van der Waals surface area contributed by atoms with Crippen LogP contribution in [-0.4, -0.2) is 43.9 Å². The number of nitrogens with two attached hydrogens (primary N) is 1. The molecule has 0 aliphatic heterocycles. The van der Waals surface area contributed by atoms with Crippen LogP contribution in [0, 0.1) is 18.3 Å². The predicted molar refractivity (Wildman–Crippen MR) is 111 cm³/mol. The first-order chi connectivity index (χ1) is 14.2. The van der Waals surface area contributed by atoms with Crippen molar-refractivity contribution in [1.82, 2.24) is 9.78 Å². The molecular formula is C21H30N4O5. The number of aliphatic hydroxyl groups is 2. The van der Waals surface area contributed by atoms with Gasteiger partial charge in [-0.2, -0.15) is 10.4 Å². The molecule has 0 aliphatic carbocycles. The van der Waals surface area contributed by atoms with E-state index in [2.05, 4.69) is 25.0 Å². The minimum atomic E-state index is -1.49. The van der Waals surface area contributed by atoms with E-state index in [1.165, 1.54) is 0 Å². The van der Waals surface area contributed by atoms with Crippen molar-refractivity contribution in [1.29, 1.82) is 5.26 Å². The van der Waals surface area contributed by atoms with Crippen molar-refractivity contribution in [3.8, 4) is 17.6 Å². The standard InChI is InChI=1S/C17H22N4O.C4H8O4/c1-4-15-17(16(5-2)21(20-15)7-6-18)22-14-9-12(3)8-13(10-14)11-19;5-3(6)1-2-4(7)8/h8-10H,4-7,18H2,1-3H3;3,5-6H,1-2H2,(H,7,8). The van der Waals surface area contributed by atoms with Crippen molar-refractivity contribution >= 4 is 5.97 Å². The zero-order valence-corrected chi connectivity index (χ0v) is 17.6. The van der Waals surface area contributed by atoms with Crippen molar-refractivity contribution in [2.45, 2.75) is 59.3 Å². The molecule has 0 radical (unpaired) electrons.